The summed E-state index contributed by atoms with van der Waals surface area (Å²) in [6.45, 7) is 0. The minimum atomic E-state index is -4.99. The number of hydrogen-bond donors (Lipinski definition) is 0. The Bertz CT molecular complexity index is 531. The molecule has 0 amide bonds. The molecule has 0 spiro atoms. The van der Waals surface area contributed by atoms with E-state index in [4.69, 9.17) is 0 Å². The zero-order valence-electron chi connectivity index (χ0n) is 12.3. The molecule has 1 radical (unpaired) electrons. The molecule has 1 atom stereocenters. The van der Waals surface area contributed by atoms with Gasteiger partial charge in [0, 0.05) is 24.4 Å². The van der Waals surface area contributed by atoms with E-state index < -0.39 is 43.1 Å². The molecule has 0 aromatic heterocycles. The molecule has 0 saturated heterocycles. The minimum absolute atomic E-state index is 0. The second-order valence-corrected chi connectivity index (χ2v) is 6.74. The molecule has 9 heteroatoms. The van der Waals surface area contributed by atoms with Crippen LogP contribution in [0.1, 0.15) is 47.2 Å². The fourth-order valence-electron chi connectivity index (χ4n) is 2.60. The van der Waals surface area contributed by atoms with E-state index in [1.54, 1.807) is 0 Å². The Kier molecular flexibility index (Phi) is 6.78. The van der Waals surface area contributed by atoms with E-state index in [1.807, 2.05) is 0 Å². The van der Waals surface area contributed by atoms with Gasteiger partial charge < -0.3 is 0 Å². The van der Waals surface area contributed by atoms with Crippen molar-refractivity contribution >= 4 is 33.0 Å². The largest absolute Gasteiger partial charge is 0.417 e. The van der Waals surface area contributed by atoms with Crippen molar-refractivity contribution in [2.75, 3.05) is 0 Å². The molecule has 0 N–H and O–H groups in total. The normalized spacial score (nSPS) is 16.8. The van der Waals surface area contributed by atoms with E-state index in [1.165, 1.54) is 0 Å². The van der Waals surface area contributed by atoms with Gasteiger partial charge in [0.2, 0.25) is 0 Å². The Hall–Kier alpha value is -0.503. The summed E-state index contributed by atoms with van der Waals surface area (Å²) in [5.41, 5.74) is -5.38. The van der Waals surface area contributed by atoms with Gasteiger partial charge in [0.15, 0.2) is 5.52 Å². The van der Waals surface area contributed by atoms with Crippen LogP contribution in [0.3, 0.4) is 0 Å². The van der Waals surface area contributed by atoms with Gasteiger partial charge in [-0.05, 0) is 39.2 Å². The van der Waals surface area contributed by atoms with Crippen molar-refractivity contribution < 1.29 is 31.1 Å². The second-order valence-electron chi connectivity index (χ2n) is 5.18. The number of benzene rings is 1. The van der Waals surface area contributed by atoms with E-state index in [-0.39, 0.29) is 24.5 Å². The van der Waals surface area contributed by atoms with Gasteiger partial charge in [0.05, 0.1) is 11.1 Å². The standard InChI is InChI=1S/C14H13F6OP.Li/c15-13(16,17)9-6-3-7-10(14(18,19)20)11(9)12(21)22-8-4-1-2-5-8;/h3,6-8,22H,1-2,4-5H2;. The molecule has 2 rings (SSSR count). The fourth-order valence-corrected chi connectivity index (χ4v) is 4.08. The topological polar surface area (TPSA) is 17.1 Å². The first-order chi connectivity index (χ1) is 10.1. The van der Waals surface area contributed by atoms with Crippen LogP contribution in [-0.2, 0) is 12.4 Å². The zero-order chi connectivity index (χ0) is 16.5. The molecule has 1 nitrogen and oxygen atoms in total. The van der Waals surface area contributed by atoms with Crippen molar-refractivity contribution in [1.82, 2.24) is 0 Å². The first-order valence-corrected chi connectivity index (χ1v) is 7.76. The van der Waals surface area contributed by atoms with Gasteiger partial charge in [-0.25, -0.2) is 0 Å². The van der Waals surface area contributed by atoms with Gasteiger partial charge in [-0.3, -0.25) is 4.79 Å². The Morgan fingerprint density at radius 2 is 1.39 bits per heavy atom. The number of alkyl halides is 6. The molecule has 23 heavy (non-hydrogen) atoms. The first kappa shape index (κ1) is 20.5. The third kappa shape index (κ3) is 4.98. The number of carbonyl (C=O) groups is 1. The Balaban J connectivity index is 0.00000264. The number of rotatable bonds is 3. The van der Waals surface area contributed by atoms with Gasteiger partial charge in [0.25, 0.3) is 0 Å². The molecule has 1 fully saturated rings. The molecule has 123 valence electrons. The second kappa shape index (κ2) is 7.59. The number of hydrogen-bond acceptors (Lipinski definition) is 1. The molecular formula is C14H13F6LiOP. The summed E-state index contributed by atoms with van der Waals surface area (Å²) < 4.78 is 77.8. The summed E-state index contributed by atoms with van der Waals surface area (Å²) >= 11 is 0. The first-order valence-electron chi connectivity index (χ1n) is 6.69. The average Bonchev–Trinajstić information content (AvgIpc) is 2.88. The molecule has 1 aliphatic carbocycles. The molecule has 1 saturated carbocycles. The number of carbonyl (C=O) groups excluding carboxylic acids is 1. The summed E-state index contributed by atoms with van der Waals surface area (Å²) in [4.78, 5) is 12.1. The zero-order valence-corrected chi connectivity index (χ0v) is 13.3. The van der Waals surface area contributed by atoms with Crippen LogP contribution in [0.25, 0.3) is 0 Å². The van der Waals surface area contributed by atoms with Gasteiger partial charge >= 0.3 is 12.4 Å². The van der Waals surface area contributed by atoms with E-state index in [0.29, 0.717) is 31.0 Å². The average molecular weight is 349 g/mol. The summed E-state index contributed by atoms with van der Waals surface area (Å²) in [5, 5.41) is 0. The third-order valence-electron chi connectivity index (χ3n) is 3.59. The quantitative estimate of drug-likeness (QED) is 0.421. The summed E-state index contributed by atoms with van der Waals surface area (Å²) in [6, 6.07) is 1.74. The smallest absolute Gasteiger partial charge is 0.289 e. The van der Waals surface area contributed by atoms with E-state index >= 15 is 0 Å². The maximum Gasteiger partial charge on any atom is 0.417 e. The van der Waals surface area contributed by atoms with Crippen LogP contribution >= 0.6 is 8.58 Å². The predicted molar refractivity (Wildman–Crippen MR) is 77.1 cm³/mol. The maximum absolute atomic E-state index is 13.0. The van der Waals surface area contributed by atoms with Crippen molar-refractivity contribution in [3.63, 3.8) is 0 Å². The van der Waals surface area contributed by atoms with Crippen LogP contribution in [0.15, 0.2) is 18.2 Å². The van der Waals surface area contributed by atoms with Crippen molar-refractivity contribution in [2.45, 2.75) is 43.7 Å². The molecule has 0 aliphatic heterocycles. The van der Waals surface area contributed by atoms with Gasteiger partial charge in [-0.1, -0.05) is 18.9 Å². The molecule has 1 unspecified atom stereocenters. The number of halogens is 6. The SMILES string of the molecule is O=C(PC1CCCC1)c1c(C(F)(F)F)cccc1C(F)(F)F.[Li]. The molecule has 1 aromatic carbocycles. The third-order valence-corrected chi connectivity index (χ3v) is 5.09. The summed E-state index contributed by atoms with van der Waals surface area (Å²) in [7, 11) is -0.551. The van der Waals surface area contributed by atoms with Crippen LogP contribution < -0.4 is 0 Å². The van der Waals surface area contributed by atoms with Crippen molar-refractivity contribution in [2.24, 2.45) is 0 Å². The van der Waals surface area contributed by atoms with Crippen molar-refractivity contribution in [3.8, 4) is 0 Å². The van der Waals surface area contributed by atoms with Crippen LogP contribution in [0, 0.1) is 0 Å². The monoisotopic (exact) mass is 349 g/mol. The molecule has 1 aromatic rings. The van der Waals surface area contributed by atoms with Gasteiger partial charge in [-0.15, -0.1) is 0 Å². The van der Waals surface area contributed by atoms with E-state index in [9.17, 15) is 31.1 Å². The van der Waals surface area contributed by atoms with Gasteiger partial charge in [-0.2, -0.15) is 26.3 Å². The summed E-state index contributed by atoms with van der Waals surface area (Å²) in [5.74, 6) is 0. The maximum atomic E-state index is 13.0. The Morgan fingerprint density at radius 3 is 1.78 bits per heavy atom. The van der Waals surface area contributed by atoms with Crippen LogP contribution in [0.5, 0.6) is 0 Å². The molecule has 0 bridgehead atoms. The molecular weight excluding hydrogens is 336 g/mol. The summed E-state index contributed by atoms with van der Waals surface area (Å²) in [6.07, 6.45) is -6.91. The van der Waals surface area contributed by atoms with Crippen molar-refractivity contribution in [3.05, 3.63) is 34.9 Å². The van der Waals surface area contributed by atoms with Crippen LogP contribution in [0.4, 0.5) is 26.3 Å². The minimum Gasteiger partial charge on any atom is -0.289 e. The van der Waals surface area contributed by atoms with Crippen LogP contribution in [0.2, 0.25) is 0 Å². The van der Waals surface area contributed by atoms with Crippen LogP contribution in [-0.4, -0.2) is 30.0 Å². The van der Waals surface area contributed by atoms with Gasteiger partial charge in [0.1, 0.15) is 0 Å². The molecule has 1 aliphatic rings. The fraction of sp³-hybridized carbons (Fsp3) is 0.500. The Morgan fingerprint density at radius 1 is 0.957 bits per heavy atom. The predicted octanol–water partition coefficient (Wildman–Crippen LogP) is 5.10. The molecule has 0 heterocycles. The Labute approximate surface area is 143 Å². The van der Waals surface area contributed by atoms with E-state index in [2.05, 4.69) is 0 Å². The van der Waals surface area contributed by atoms with Crippen molar-refractivity contribution in [1.29, 1.82) is 0 Å². The van der Waals surface area contributed by atoms with E-state index in [0.717, 1.165) is 12.8 Å².